The van der Waals surface area contributed by atoms with Crippen LogP contribution in [0.4, 0.5) is 0 Å². The number of hydrogen-bond acceptors (Lipinski definition) is 7. The maximum atomic E-state index is 12.8. The molecule has 8 heteroatoms. The van der Waals surface area contributed by atoms with E-state index in [1.807, 2.05) is 21.1 Å². The molecular weight excluding hydrogens is 811 g/mol. The van der Waals surface area contributed by atoms with Crippen LogP contribution in [0.1, 0.15) is 245 Å². The van der Waals surface area contributed by atoms with Crippen molar-refractivity contribution < 1.29 is 38.2 Å². The summed E-state index contributed by atoms with van der Waals surface area (Å²) in [6.07, 6.45) is 58.6. The predicted molar refractivity (Wildman–Crippen MR) is 273 cm³/mol. The van der Waals surface area contributed by atoms with Crippen LogP contribution in [-0.4, -0.2) is 75.5 Å². The monoisotopic (exact) mass is 914 g/mol. The van der Waals surface area contributed by atoms with Gasteiger partial charge in [0, 0.05) is 19.3 Å². The average Bonchev–Trinajstić information content (AvgIpc) is 3.27. The van der Waals surface area contributed by atoms with E-state index in [1.165, 1.54) is 141 Å². The lowest BCUT2D eigenvalue weighted by Gasteiger charge is -2.34. The fraction of sp³-hybridized carbons (Fsp3) is 0.807. The van der Waals surface area contributed by atoms with Crippen LogP contribution in [0.25, 0.3) is 0 Å². The first-order valence-electron chi connectivity index (χ1n) is 27.2. The summed E-state index contributed by atoms with van der Waals surface area (Å²) in [5.74, 6) is -1.73. The lowest BCUT2D eigenvalue weighted by Crippen LogP contribution is -2.55. The first kappa shape index (κ1) is 62.3. The number of carbonyl (C=O) groups excluding carboxylic acids is 3. The molecule has 0 amide bonds. The van der Waals surface area contributed by atoms with E-state index in [1.54, 1.807) is 0 Å². The number of ether oxygens (including phenoxy) is 3. The lowest BCUT2D eigenvalue weighted by molar-refractivity contribution is -0.889. The lowest BCUT2D eigenvalue weighted by atomic mass is 10.0. The Balaban J connectivity index is 4.20. The Morgan fingerprint density at radius 1 is 0.477 bits per heavy atom. The van der Waals surface area contributed by atoms with Gasteiger partial charge in [0.1, 0.15) is 12.6 Å². The summed E-state index contributed by atoms with van der Waals surface area (Å²) in [7, 11) is 5.42. The summed E-state index contributed by atoms with van der Waals surface area (Å²) in [6.45, 7) is 4.58. The molecule has 2 unspecified atom stereocenters. The number of hydrogen-bond donors (Lipinski definition) is 0. The van der Waals surface area contributed by atoms with Crippen molar-refractivity contribution in [3.63, 3.8) is 0 Å². The highest BCUT2D eigenvalue weighted by Crippen LogP contribution is 2.16. The van der Waals surface area contributed by atoms with Gasteiger partial charge in [-0.3, -0.25) is 9.59 Å². The van der Waals surface area contributed by atoms with Crippen molar-refractivity contribution in [2.75, 3.05) is 41.0 Å². The summed E-state index contributed by atoms with van der Waals surface area (Å²) in [4.78, 5) is 37.1. The molecule has 0 bridgehead atoms. The number of carboxylic acid groups (broad SMARTS) is 1. The number of rotatable bonds is 49. The third-order valence-electron chi connectivity index (χ3n) is 12.2. The van der Waals surface area contributed by atoms with Crippen LogP contribution < -0.4 is 5.11 Å². The maximum Gasteiger partial charge on any atom is 0.306 e. The highest BCUT2D eigenvalue weighted by molar-refractivity contribution is 5.70. The van der Waals surface area contributed by atoms with Crippen LogP contribution in [0, 0.1) is 0 Å². The van der Waals surface area contributed by atoms with Crippen LogP contribution in [0.3, 0.4) is 0 Å². The van der Waals surface area contributed by atoms with Crippen LogP contribution in [0.15, 0.2) is 48.6 Å². The number of carbonyl (C=O) groups is 3. The molecule has 378 valence electrons. The molecule has 8 nitrogen and oxygen atoms in total. The van der Waals surface area contributed by atoms with Gasteiger partial charge in [0.15, 0.2) is 6.10 Å². The Kier molecular flexibility index (Phi) is 45.8. The van der Waals surface area contributed by atoms with Gasteiger partial charge in [0.05, 0.1) is 40.3 Å². The third-order valence-corrected chi connectivity index (χ3v) is 12.2. The molecule has 0 heterocycles. The minimum Gasteiger partial charge on any atom is -0.544 e. The van der Waals surface area contributed by atoms with Gasteiger partial charge in [-0.05, 0) is 51.4 Å². The summed E-state index contributed by atoms with van der Waals surface area (Å²) in [5, 5.41) is 11.7. The van der Waals surface area contributed by atoms with Crippen LogP contribution >= 0.6 is 0 Å². The van der Waals surface area contributed by atoms with Crippen molar-refractivity contribution in [1.29, 1.82) is 0 Å². The topological polar surface area (TPSA) is 102 Å². The van der Waals surface area contributed by atoms with Crippen LogP contribution in [0.5, 0.6) is 0 Å². The standard InChI is InChI=1S/C57H103NO7/c1-6-8-10-12-14-16-18-20-22-24-26-27-28-30-31-33-35-37-39-41-43-45-47-55(59)64-52-53(51-63-50-49-54(57(61)62)58(3,4)5)65-56(60)48-46-44-42-40-38-36-34-32-29-25-23-21-19-17-15-13-11-9-7-2/h8,10,14,16,20,22,26-27,53-54H,6-7,9,11-13,15,17-19,21,23-25,28-52H2,1-5H3/b10-8+,16-14+,22-20+,27-26+. The Hall–Kier alpha value is -2.71. The van der Waals surface area contributed by atoms with E-state index in [0.717, 1.165) is 70.6 Å². The number of quaternary nitrogens is 1. The van der Waals surface area contributed by atoms with E-state index in [2.05, 4.69) is 62.5 Å². The second-order valence-electron chi connectivity index (χ2n) is 19.4. The van der Waals surface area contributed by atoms with Crippen molar-refractivity contribution >= 4 is 17.9 Å². The minimum atomic E-state index is -1.12. The number of likely N-dealkylation sites (N-methyl/N-ethyl adjacent to an activating group) is 1. The molecule has 0 saturated carbocycles. The third kappa shape index (κ3) is 46.2. The van der Waals surface area contributed by atoms with E-state index in [9.17, 15) is 19.5 Å². The van der Waals surface area contributed by atoms with Crippen LogP contribution in [0.2, 0.25) is 0 Å². The Bertz CT molecular complexity index is 1200. The Morgan fingerprint density at radius 2 is 0.862 bits per heavy atom. The van der Waals surface area contributed by atoms with Gasteiger partial charge in [-0.15, -0.1) is 0 Å². The number of unbranched alkanes of at least 4 members (excludes halogenated alkanes) is 27. The molecule has 0 spiro atoms. The molecule has 0 aromatic rings. The van der Waals surface area contributed by atoms with Gasteiger partial charge in [-0.2, -0.15) is 0 Å². The van der Waals surface area contributed by atoms with E-state index in [-0.39, 0.29) is 42.7 Å². The number of allylic oxidation sites excluding steroid dienone is 8. The molecule has 65 heavy (non-hydrogen) atoms. The highest BCUT2D eigenvalue weighted by atomic mass is 16.6. The normalized spacial score (nSPS) is 13.2. The summed E-state index contributed by atoms with van der Waals surface area (Å²) in [6, 6.07) is -0.727. The minimum absolute atomic E-state index is 0.0412. The Labute approximate surface area is 401 Å². The van der Waals surface area contributed by atoms with Crippen molar-refractivity contribution in [1.82, 2.24) is 0 Å². The molecule has 2 atom stereocenters. The van der Waals surface area contributed by atoms with E-state index >= 15 is 0 Å². The van der Waals surface area contributed by atoms with E-state index in [0.29, 0.717) is 12.8 Å². The van der Waals surface area contributed by atoms with E-state index < -0.39 is 18.1 Å². The van der Waals surface area contributed by atoms with Crippen molar-refractivity contribution in [2.45, 2.75) is 257 Å². The zero-order valence-electron chi connectivity index (χ0n) is 43.2. The first-order valence-corrected chi connectivity index (χ1v) is 27.2. The zero-order chi connectivity index (χ0) is 47.7. The van der Waals surface area contributed by atoms with Crippen molar-refractivity contribution in [3.05, 3.63) is 48.6 Å². The molecule has 0 aromatic heterocycles. The first-order chi connectivity index (χ1) is 31.6. The SMILES string of the molecule is CC/C=C/C/C=C/C/C=C/C/C=C/CCCCCCCCCCCC(=O)OCC(COCCC(C(=O)[O-])[N+](C)(C)C)OC(=O)CCCCCCCCCCCCCCCCCCCCC. The van der Waals surface area contributed by atoms with E-state index in [4.69, 9.17) is 14.2 Å². The molecule has 0 rings (SSSR count). The summed E-state index contributed by atoms with van der Waals surface area (Å²) in [5.41, 5.74) is 0. The van der Waals surface area contributed by atoms with Crippen molar-refractivity contribution in [2.24, 2.45) is 0 Å². The smallest absolute Gasteiger partial charge is 0.306 e. The Morgan fingerprint density at radius 3 is 1.28 bits per heavy atom. The summed E-state index contributed by atoms with van der Waals surface area (Å²) >= 11 is 0. The summed E-state index contributed by atoms with van der Waals surface area (Å²) < 4.78 is 17.3. The second-order valence-corrected chi connectivity index (χ2v) is 19.4. The quantitative estimate of drug-likeness (QED) is 0.0259. The maximum absolute atomic E-state index is 12.8. The molecule has 0 radical (unpaired) electrons. The molecule has 0 saturated heterocycles. The fourth-order valence-corrected chi connectivity index (χ4v) is 8.06. The van der Waals surface area contributed by atoms with Gasteiger partial charge < -0.3 is 28.6 Å². The molecule has 0 N–H and O–H groups in total. The number of aliphatic carboxylic acids is 1. The zero-order valence-corrected chi connectivity index (χ0v) is 43.2. The van der Waals surface area contributed by atoms with Gasteiger partial charge >= 0.3 is 11.9 Å². The largest absolute Gasteiger partial charge is 0.544 e. The van der Waals surface area contributed by atoms with Gasteiger partial charge in [0.25, 0.3) is 0 Å². The average molecular weight is 914 g/mol. The molecule has 0 fully saturated rings. The molecular formula is C57H103NO7. The van der Waals surface area contributed by atoms with Crippen LogP contribution in [-0.2, 0) is 28.6 Å². The number of carboxylic acids is 1. The molecule has 0 aliphatic heterocycles. The number of nitrogens with zero attached hydrogens (tertiary/aromatic N) is 1. The molecule has 0 aromatic carbocycles. The second kappa shape index (κ2) is 47.8. The van der Waals surface area contributed by atoms with Crippen molar-refractivity contribution in [3.8, 4) is 0 Å². The molecule has 0 aliphatic carbocycles. The molecule has 0 aliphatic rings. The fourth-order valence-electron chi connectivity index (χ4n) is 8.06. The predicted octanol–water partition coefficient (Wildman–Crippen LogP) is 14.6. The van der Waals surface area contributed by atoms with Gasteiger partial charge in [-0.25, -0.2) is 0 Å². The number of esters is 2. The highest BCUT2D eigenvalue weighted by Gasteiger charge is 2.25. The van der Waals surface area contributed by atoms with Gasteiger partial charge in [-0.1, -0.05) is 223 Å². The van der Waals surface area contributed by atoms with Gasteiger partial charge in [0.2, 0.25) is 0 Å².